The number of benzene rings is 2. The molecular formula is C20H22O6. The number of ether oxygens (including phenoxy) is 4. The molecule has 6 nitrogen and oxygen atoms in total. The van der Waals surface area contributed by atoms with Crippen molar-refractivity contribution in [1.82, 2.24) is 0 Å². The maximum atomic E-state index is 11.6. The Labute approximate surface area is 152 Å². The van der Waals surface area contributed by atoms with Gasteiger partial charge in [-0.15, -0.1) is 0 Å². The monoisotopic (exact) mass is 358 g/mol. The predicted octanol–water partition coefficient (Wildman–Crippen LogP) is 3.66. The molecule has 2 rings (SSSR count). The second-order valence-electron chi connectivity index (χ2n) is 5.46. The van der Waals surface area contributed by atoms with Gasteiger partial charge in [0.2, 0.25) is 0 Å². The summed E-state index contributed by atoms with van der Waals surface area (Å²) < 4.78 is 21.4. The number of hydrogen-bond acceptors (Lipinski definition) is 6. The van der Waals surface area contributed by atoms with E-state index < -0.39 is 5.97 Å². The van der Waals surface area contributed by atoms with Crippen molar-refractivity contribution in [2.75, 3.05) is 20.8 Å². The molecule has 2 aromatic carbocycles. The third-order valence-electron chi connectivity index (χ3n) is 3.73. The number of carbonyl (C=O) groups is 2. The fourth-order valence-electron chi connectivity index (χ4n) is 2.39. The van der Waals surface area contributed by atoms with Crippen LogP contribution >= 0.6 is 0 Å². The molecular weight excluding hydrogens is 336 g/mol. The lowest BCUT2D eigenvalue weighted by atomic mass is 10.1. The number of hydrogen-bond donors (Lipinski definition) is 0. The third kappa shape index (κ3) is 4.53. The third-order valence-corrected chi connectivity index (χ3v) is 3.73. The SMILES string of the molecule is CCOc1ccc(C(C)=O)cc1COc1ccc(C(=O)OC)cc1OC. The molecule has 0 saturated heterocycles. The molecule has 0 heterocycles. The fourth-order valence-corrected chi connectivity index (χ4v) is 2.39. The van der Waals surface area contributed by atoms with E-state index in [0.717, 1.165) is 5.56 Å². The van der Waals surface area contributed by atoms with E-state index >= 15 is 0 Å². The van der Waals surface area contributed by atoms with Crippen LogP contribution in [0.5, 0.6) is 17.2 Å². The molecule has 0 aromatic heterocycles. The van der Waals surface area contributed by atoms with Gasteiger partial charge >= 0.3 is 5.97 Å². The van der Waals surface area contributed by atoms with Gasteiger partial charge < -0.3 is 18.9 Å². The van der Waals surface area contributed by atoms with Gasteiger partial charge in [0.1, 0.15) is 12.4 Å². The van der Waals surface area contributed by atoms with Crippen LogP contribution in [0.1, 0.15) is 40.1 Å². The van der Waals surface area contributed by atoms with Crippen molar-refractivity contribution in [1.29, 1.82) is 0 Å². The van der Waals surface area contributed by atoms with E-state index in [9.17, 15) is 9.59 Å². The second kappa shape index (κ2) is 8.89. The van der Waals surface area contributed by atoms with Gasteiger partial charge in [0.05, 0.1) is 26.4 Å². The molecule has 0 radical (unpaired) electrons. The van der Waals surface area contributed by atoms with Crippen molar-refractivity contribution in [3.8, 4) is 17.2 Å². The summed E-state index contributed by atoms with van der Waals surface area (Å²) in [5.74, 6) is 1.05. The molecule has 0 aliphatic rings. The Morgan fingerprint density at radius 1 is 0.885 bits per heavy atom. The van der Waals surface area contributed by atoms with Gasteiger partial charge in [-0.25, -0.2) is 4.79 Å². The minimum Gasteiger partial charge on any atom is -0.493 e. The standard InChI is InChI=1S/C20H22O6/c1-5-25-17-8-6-14(13(2)21)10-16(17)12-26-18-9-7-15(20(22)24-4)11-19(18)23-3/h6-11H,5,12H2,1-4H3. The van der Waals surface area contributed by atoms with Crippen molar-refractivity contribution >= 4 is 11.8 Å². The Hall–Kier alpha value is -3.02. The maximum absolute atomic E-state index is 11.6. The Bertz CT molecular complexity index is 797. The van der Waals surface area contributed by atoms with Gasteiger partial charge in [0, 0.05) is 11.1 Å². The Morgan fingerprint density at radius 2 is 1.58 bits per heavy atom. The number of Topliss-reactive ketones (excluding diaryl/α,β-unsaturated/α-hetero) is 1. The van der Waals surface area contributed by atoms with Crippen molar-refractivity contribution in [2.24, 2.45) is 0 Å². The van der Waals surface area contributed by atoms with Crippen molar-refractivity contribution in [3.63, 3.8) is 0 Å². The fraction of sp³-hybridized carbons (Fsp3) is 0.300. The van der Waals surface area contributed by atoms with Gasteiger partial charge in [-0.05, 0) is 50.2 Å². The highest BCUT2D eigenvalue weighted by Gasteiger charge is 2.13. The first-order chi connectivity index (χ1) is 12.5. The summed E-state index contributed by atoms with van der Waals surface area (Å²) in [4.78, 5) is 23.2. The Morgan fingerprint density at radius 3 is 2.19 bits per heavy atom. The molecule has 0 spiro atoms. The zero-order valence-corrected chi connectivity index (χ0v) is 15.3. The molecule has 0 aliphatic carbocycles. The Balaban J connectivity index is 2.26. The van der Waals surface area contributed by atoms with Crippen molar-refractivity contribution in [2.45, 2.75) is 20.5 Å². The summed E-state index contributed by atoms with van der Waals surface area (Å²) >= 11 is 0. The molecule has 0 amide bonds. The number of methoxy groups -OCH3 is 2. The van der Waals surface area contributed by atoms with Gasteiger partial charge in [-0.2, -0.15) is 0 Å². The highest BCUT2D eigenvalue weighted by Crippen LogP contribution is 2.30. The van der Waals surface area contributed by atoms with E-state index in [1.54, 1.807) is 36.4 Å². The summed E-state index contributed by atoms with van der Waals surface area (Å²) in [6, 6.07) is 10.0. The first-order valence-electron chi connectivity index (χ1n) is 8.16. The topological polar surface area (TPSA) is 71.1 Å². The van der Waals surface area contributed by atoms with Crippen LogP contribution < -0.4 is 14.2 Å². The van der Waals surface area contributed by atoms with Crippen LogP contribution in [0.2, 0.25) is 0 Å². The number of rotatable bonds is 8. The van der Waals surface area contributed by atoms with Crippen LogP contribution in [0, 0.1) is 0 Å². The number of ketones is 1. The van der Waals surface area contributed by atoms with Crippen molar-refractivity contribution < 1.29 is 28.5 Å². The summed E-state index contributed by atoms with van der Waals surface area (Å²) in [6.07, 6.45) is 0. The highest BCUT2D eigenvalue weighted by molar-refractivity contribution is 5.94. The van der Waals surface area contributed by atoms with E-state index in [4.69, 9.17) is 18.9 Å². The van der Waals surface area contributed by atoms with Gasteiger partial charge in [-0.1, -0.05) is 0 Å². The first-order valence-corrected chi connectivity index (χ1v) is 8.16. The largest absolute Gasteiger partial charge is 0.493 e. The van der Waals surface area contributed by atoms with Crippen molar-refractivity contribution in [3.05, 3.63) is 53.1 Å². The molecule has 0 bridgehead atoms. The molecule has 6 heteroatoms. The van der Waals surface area contributed by atoms with Crippen LogP contribution in [0.4, 0.5) is 0 Å². The molecule has 138 valence electrons. The molecule has 0 aliphatic heterocycles. The summed E-state index contributed by atoms with van der Waals surface area (Å²) in [6.45, 7) is 4.08. The zero-order valence-electron chi connectivity index (χ0n) is 15.3. The van der Waals surface area contributed by atoms with Crippen LogP contribution in [0.3, 0.4) is 0 Å². The van der Waals surface area contributed by atoms with Gasteiger partial charge in [0.15, 0.2) is 17.3 Å². The van der Waals surface area contributed by atoms with Crippen LogP contribution in [-0.2, 0) is 11.3 Å². The van der Waals surface area contributed by atoms with Crippen LogP contribution in [0.25, 0.3) is 0 Å². The Kier molecular flexibility index (Phi) is 6.60. The van der Waals surface area contributed by atoms with E-state index in [1.165, 1.54) is 21.1 Å². The smallest absolute Gasteiger partial charge is 0.337 e. The molecule has 0 fully saturated rings. The number of esters is 1. The zero-order chi connectivity index (χ0) is 19.1. The van der Waals surface area contributed by atoms with Gasteiger partial charge in [-0.3, -0.25) is 4.79 Å². The summed E-state index contributed by atoms with van der Waals surface area (Å²) in [7, 11) is 2.81. The second-order valence-corrected chi connectivity index (χ2v) is 5.46. The summed E-state index contributed by atoms with van der Waals surface area (Å²) in [5, 5.41) is 0. The van der Waals surface area contributed by atoms with E-state index in [0.29, 0.717) is 35.0 Å². The molecule has 0 saturated carbocycles. The highest BCUT2D eigenvalue weighted by atomic mass is 16.5. The predicted molar refractivity (Wildman–Crippen MR) is 96.3 cm³/mol. The average molecular weight is 358 g/mol. The molecule has 0 atom stereocenters. The van der Waals surface area contributed by atoms with Crippen LogP contribution in [-0.4, -0.2) is 32.6 Å². The number of carbonyl (C=O) groups excluding carboxylic acids is 2. The van der Waals surface area contributed by atoms with E-state index in [2.05, 4.69) is 0 Å². The minimum atomic E-state index is -0.456. The minimum absolute atomic E-state index is 0.0330. The molecule has 0 unspecified atom stereocenters. The maximum Gasteiger partial charge on any atom is 0.337 e. The quantitative estimate of drug-likeness (QED) is 0.530. The average Bonchev–Trinajstić information content (AvgIpc) is 2.66. The van der Waals surface area contributed by atoms with Gasteiger partial charge in [0.25, 0.3) is 0 Å². The lowest BCUT2D eigenvalue weighted by Gasteiger charge is -2.15. The first kappa shape index (κ1) is 19.3. The van der Waals surface area contributed by atoms with Crippen LogP contribution in [0.15, 0.2) is 36.4 Å². The van der Waals surface area contributed by atoms with E-state index in [-0.39, 0.29) is 12.4 Å². The lowest BCUT2D eigenvalue weighted by molar-refractivity contribution is 0.0600. The lowest BCUT2D eigenvalue weighted by Crippen LogP contribution is -2.05. The summed E-state index contributed by atoms with van der Waals surface area (Å²) in [5.41, 5.74) is 1.70. The molecule has 0 N–H and O–H groups in total. The van der Waals surface area contributed by atoms with E-state index in [1.807, 2.05) is 6.92 Å². The molecule has 26 heavy (non-hydrogen) atoms. The molecule has 2 aromatic rings. The normalized spacial score (nSPS) is 10.2.